The Balaban J connectivity index is 1.24. The first kappa shape index (κ1) is 26.9. The van der Waals surface area contributed by atoms with Gasteiger partial charge in [-0.15, -0.1) is 0 Å². The van der Waals surface area contributed by atoms with E-state index in [9.17, 15) is 5.11 Å². The quantitative estimate of drug-likeness (QED) is 0.294. The zero-order chi connectivity index (χ0) is 27.5. The second-order valence-electron chi connectivity index (χ2n) is 11.2. The molecule has 0 unspecified atom stereocenters. The number of piperazine rings is 1. The number of nitrogen functional groups attached to an aromatic ring is 1. The number of aromatic nitrogens is 5. The SMILES string of the molecule is CCCCN(CCO)c1nc(N)nc2cn(Cc3ccc(CN4CCN(C5CCC5)CC4)c4cccnc34)nc12. The summed E-state index contributed by atoms with van der Waals surface area (Å²) in [6, 6.07) is 9.51. The Bertz CT molecular complexity index is 1440. The van der Waals surface area contributed by atoms with Crippen LogP contribution in [0.5, 0.6) is 0 Å². The van der Waals surface area contributed by atoms with Gasteiger partial charge in [-0.1, -0.05) is 38.0 Å². The highest BCUT2D eigenvalue weighted by molar-refractivity contribution is 5.87. The third kappa shape index (κ3) is 5.61. The van der Waals surface area contributed by atoms with Gasteiger partial charge in [-0.2, -0.15) is 10.1 Å². The number of hydrogen-bond acceptors (Lipinski definition) is 9. The number of hydrogen-bond donors (Lipinski definition) is 2. The second-order valence-corrected chi connectivity index (χ2v) is 11.2. The number of fused-ring (bicyclic) bond motifs is 2. The summed E-state index contributed by atoms with van der Waals surface area (Å²) in [5, 5.41) is 15.8. The standard InChI is InChI=1S/C30H41N9O/c1-2-3-12-38(17-18-40)29-28-26(33-30(31)34-29)21-39(35-28)20-23-10-9-22(25-8-5-11-32-27(23)25)19-36-13-15-37(16-14-36)24-6-4-7-24/h5,8-11,21,24,40H,2-4,6-7,12-20H2,1H3,(H2,31,33). The summed E-state index contributed by atoms with van der Waals surface area (Å²) in [7, 11) is 0. The van der Waals surface area contributed by atoms with E-state index in [1.54, 1.807) is 0 Å². The highest BCUT2D eigenvalue weighted by atomic mass is 16.3. The monoisotopic (exact) mass is 543 g/mol. The number of nitrogens with two attached hydrogens (primary N) is 1. The maximum Gasteiger partial charge on any atom is 0.222 e. The minimum absolute atomic E-state index is 0.0377. The molecule has 1 saturated carbocycles. The molecule has 4 heterocycles. The summed E-state index contributed by atoms with van der Waals surface area (Å²) in [4.78, 5) is 21.1. The third-order valence-corrected chi connectivity index (χ3v) is 8.53. The van der Waals surface area contributed by atoms with Crippen LogP contribution in [0.4, 0.5) is 11.8 Å². The summed E-state index contributed by atoms with van der Waals surface area (Å²) in [5.41, 5.74) is 10.9. The van der Waals surface area contributed by atoms with Crippen LogP contribution in [0.25, 0.3) is 21.9 Å². The Morgan fingerprint density at radius 3 is 2.58 bits per heavy atom. The molecule has 3 aromatic heterocycles. The molecule has 0 amide bonds. The van der Waals surface area contributed by atoms with Gasteiger partial charge in [-0.05, 0) is 36.5 Å². The number of nitrogens with zero attached hydrogens (tertiary/aromatic N) is 8. The average molecular weight is 544 g/mol. The van der Waals surface area contributed by atoms with Gasteiger partial charge < -0.3 is 15.7 Å². The molecular formula is C30H41N9O. The Morgan fingerprint density at radius 2 is 1.82 bits per heavy atom. The number of unbranched alkanes of at least 4 members (excludes halogenated alkanes) is 1. The van der Waals surface area contributed by atoms with Crippen LogP contribution in [0.1, 0.15) is 50.2 Å². The molecule has 40 heavy (non-hydrogen) atoms. The number of aliphatic hydroxyl groups is 1. The predicted octanol–water partition coefficient (Wildman–Crippen LogP) is 3.27. The smallest absolute Gasteiger partial charge is 0.222 e. The van der Waals surface area contributed by atoms with E-state index in [0.29, 0.717) is 29.9 Å². The van der Waals surface area contributed by atoms with Crippen molar-refractivity contribution in [3.05, 3.63) is 47.8 Å². The minimum atomic E-state index is 0.0377. The van der Waals surface area contributed by atoms with Gasteiger partial charge in [-0.3, -0.25) is 19.5 Å². The van der Waals surface area contributed by atoms with Crippen LogP contribution in [-0.4, -0.2) is 91.6 Å². The molecular weight excluding hydrogens is 502 g/mol. The van der Waals surface area contributed by atoms with Crippen molar-refractivity contribution in [3.8, 4) is 0 Å². The molecule has 0 radical (unpaired) electrons. The van der Waals surface area contributed by atoms with E-state index in [1.165, 1.54) is 43.3 Å². The maximum atomic E-state index is 9.66. The van der Waals surface area contributed by atoms with Crippen LogP contribution in [-0.2, 0) is 13.1 Å². The van der Waals surface area contributed by atoms with Crippen molar-refractivity contribution in [2.24, 2.45) is 0 Å². The van der Waals surface area contributed by atoms with Crippen molar-refractivity contribution in [3.63, 3.8) is 0 Å². The Kier molecular flexibility index (Phi) is 8.08. The molecule has 1 aliphatic carbocycles. The predicted molar refractivity (Wildman–Crippen MR) is 159 cm³/mol. The van der Waals surface area contributed by atoms with E-state index >= 15 is 0 Å². The summed E-state index contributed by atoms with van der Waals surface area (Å²) in [5.74, 6) is 0.894. The lowest BCUT2D eigenvalue weighted by Gasteiger charge is -2.43. The molecule has 10 heteroatoms. The Morgan fingerprint density at radius 1 is 1.00 bits per heavy atom. The van der Waals surface area contributed by atoms with Crippen LogP contribution in [0, 0.1) is 0 Å². The molecule has 0 atom stereocenters. The largest absolute Gasteiger partial charge is 0.395 e. The van der Waals surface area contributed by atoms with Crippen molar-refractivity contribution in [1.29, 1.82) is 0 Å². The van der Waals surface area contributed by atoms with Crippen molar-refractivity contribution in [2.45, 2.75) is 58.2 Å². The van der Waals surface area contributed by atoms with Gasteiger partial charge in [0.2, 0.25) is 5.95 Å². The Hall–Kier alpha value is -3.34. The number of benzene rings is 1. The van der Waals surface area contributed by atoms with Crippen LogP contribution in [0.2, 0.25) is 0 Å². The van der Waals surface area contributed by atoms with Crippen molar-refractivity contribution >= 4 is 33.7 Å². The van der Waals surface area contributed by atoms with Gasteiger partial charge >= 0.3 is 0 Å². The third-order valence-electron chi connectivity index (χ3n) is 8.53. The fraction of sp³-hybridized carbons (Fsp3) is 0.533. The molecule has 1 aliphatic heterocycles. The lowest BCUT2D eigenvalue weighted by molar-refractivity contribution is 0.0589. The van der Waals surface area contributed by atoms with Crippen LogP contribution >= 0.6 is 0 Å². The van der Waals surface area contributed by atoms with Crippen LogP contribution < -0.4 is 10.6 Å². The highest BCUT2D eigenvalue weighted by Crippen LogP contribution is 2.28. The zero-order valence-corrected chi connectivity index (χ0v) is 23.5. The van der Waals surface area contributed by atoms with Crippen LogP contribution in [0.15, 0.2) is 36.7 Å². The molecule has 0 spiro atoms. The van der Waals surface area contributed by atoms with E-state index in [-0.39, 0.29) is 12.6 Å². The minimum Gasteiger partial charge on any atom is -0.395 e. The fourth-order valence-electron chi connectivity index (χ4n) is 6.07. The first-order valence-electron chi connectivity index (χ1n) is 14.8. The van der Waals surface area contributed by atoms with E-state index < -0.39 is 0 Å². The van der Waals surface area contributed by atoms with Gasteiger partial charge in [0.25, 0.3) is 0 Å². The van der Waals surface area contributed by atoms with E-state index in [1.807, 2.05) is 23.1 Å². The number of anilines is 2. The number of rotatable bonds is 11. The summed E-state index contributed by atoms with van der Waals surface area (Å²) in [6.07, 6.45) is 10.00. The summed E-state index contributed by atoms with van der Waals surface area (Å²) in [6.45, 7) is 9.55. The summed E-state index contributed by atoms with van der Waals surface area (Å²) >= 11 is 0. The molecule has 2 fully saturated rings. The highest BCUT2D eigenvalue weighted by Gasteiger charge is 2.28. The number of pyridine rings is 1. The lowest BCUT2D eigenvalue weighted by atomic mass is 9.91. The van der Waals surface area contributed by atoms with E-state index in [2.05, 4.69) is 49.8 Å². The Labute approximate surface area is 235 Å². The fourth-order valence-corrected chi connectivity index (χ4v) is 6.07. The second kappa shape index (κ2) is 12.0. The first-order chi connectivity index (χ1) is 19.6. The van der Waals surface area contributed by atoms with Gasteiger partial charge in [-0.25, -0.2) is 4.98 Å². The van der Waals surface area contributed by atoms with Gasteiger partial charge in [0, 0.05) is 63.4 Å². The average Bonchev–Trinajstić information content (AvgIpc) is 3.34. The molecule has 212 valence electrons. The molecule has 4 aromatic rings. The topological polar surface area (TPSA) is 112 Å². The molecule has 0 bridgehead atoms. The maximum absolute atomic E-state index is 9.66. The van der Waals surface area contributed by atoms with Gasteiger partial charge in [0.05, 0.1) is 24.9 Å². The van der Waals surface area contributed by atoms with Gasteiger partial charge in [0.15, 0.2) is 11.3 Å². The van der Waals surface area contributed by atoms with Crippen molar-refractivity contribution in [2.75, 3.05) is 56.5 Å². The van der Waals surface area contributed by atoms with Crippen molar-refractivity contribution < 1.29 is 5.11 Å². The molecule has 2 aliphatic rings. The van der Waals surface area contributed by atoms with Crippen LogP contribution in [0.3, 0.4) is 0 Å². The molecule has 10 nitrogen and oxygen atoms in total. The van der Waals surface area contributed by atoms with Crippen molar-refractivity contribution in [1.82, 2.24) is 34.5 Å². The molecule has 3 N–H and O–H groups in total. The first-order valence-corrected chi connectivity index (χ1v) is 14.8. The molecule has 1 aromatic carbocycles. The summed E-state index contributed by atoms with van der Waals surface area (Å²) < 4.78 is 1.90. The number of aliphatic hydroxyl groups excluding tert-OH is 1. The molecule has 6 rings (SSSR count). The van der Waals surface area contributed by atoms with Gasteiger partial charge in [0.1, 0.15) is 5.52 Å². The molecule has 1 saturated heterocycles. The van der Waals surface area contributed by atoms with E-state index in [0.717, 1.165) is 56.1 Å². The lowest BCUT2D eigenvalue weighted by Crippen LogP contribution is -2.51. The van der Waals surface area contributed by atoms with E-state index in [4.69, 9.17) is 15.8 Å². The zero-order valence-electron chi connectivity index (χ0n) is 23.5. The normalized spacial score (nSPS) is 17.1.